The number of nitrogens with zero attached hydrogens (tertiary/aromatic N) is 1. The summed E-state index contributed by atoms with van der Waals surface area (Å²) in [5, 5.41) is 3.38. The lowest BCUT2D eigenvalue weighted by molar-refractivity contribution is 0.465. The fraction of sp³-hybridized carbons (Fsp3) is 0.312. The van der Waals surface area contributed by atoms with Gasteiger partial charge in [-0.2, -0.15) is 0 Å². The molecule has 0 aliphatic carbocycles. The smallest absolute Gasteiger partial charge is 0.135 e. The summed E-state index contributed by atoms with van der Waals surface area (Å²) in [6, 6.07) is 10.4. The van der Waals surface area contributed by atoms with Crippen LogP contribution < -0.4 is 10.1 Å². The highest BCUT2D eigenvalue weighted by atomic mass is 16.5. The Balaban J connectivity index is 2.18. The van der Waals surface area contributed by atoms with E-state index in [1.807, 2.05) is 43.5 Å². The quantitative estimate of drug-likeness (QED) is 0.886. The molecule has 1 heterocycles. The standard InChI is InChI=1S/C16H20N2O/c1-12(2)18-11-14-10-17-9-8-16(14)19-15-7-5-4-6-13(15)3/h4-10,12,18H,11H2,1-3H3. The fourth-order valence-electron chi connectivity index (χ4n) is 1.75. The first-order chi connectivity index (χ1) is 9.16. The molecule has 1 aromatic carbocycles. The first-order valence-electron chi connectivity index (χ1n) is 6.56. The molecule has 3 heteroatoms. The van der Waals surface area contributed by atoms with Gasteiger partial charge in [-0.15, -0.1) is 0 Å². The zero-order valence-corrected chi connectivity index (χ0v) is 11.7. The van der Waals surface area contributed by atoms with Crippen LogP contribution in [-0.2, 0) is 6.54 Å². The van der Waals surface area contributed by atoms with Crippen LogP contribution in [0.5, 0.6) is 11.5 Å². The molecule has 0 saturated heterocycles. The van der Waals surface area contributed by atoms with E-state index in [0.717, 1.165) is 29.2 Å². The summed E-state index contributed by atoms with van der Waals surface area (Å²) < 4.78 is 5.99. The average Bonchev–Trinajstić information content (AvgIpc) is 2.40. The molecule has 0 amide bonds. The van der Waals surface area contributed by atoms with E-state index in [-0.39, 0.29) is 0 Å². The second kappa shape index (κ2) is 6.34. The molecule has 0 aliphatic heterocycles. The van der Waals surface area contributed by atoms with Gasteiger partial charge >= 0.3 is 0 Å². The van der Waals surface area contributed by atoms with E-state index in [2.05, 4.69) is 24.1 Å². The highest BCUT2D eigenvalue weighted by molar-refractivity contribution is 5.39. The van der Waals surface area contributed by atoms with Crippen molar-refractivity contribution in [3.8, 4) is 11.5 Å². The zero-order chi connectivity index (χ0) is 13.7. The second-order valence-corrected chi connectivity index (χ2v) is 4.89. The number of benzene rings is 1. The van der Waals surface area contributed by atoms with Crippen LogP contribution in [-0.4, -0.2) is 11.0 Å². The molecule has 0 radical (unpaired) electrons. The Morgan fingerprint density at radius 3 is 2.68 bits per heavy atom. The Bertz CT molecular complexity index is 538. The van der Waals surface area contributed by atoms with Crippen molar-refractivity contribution in [2.75, 3.05) is 0 Å². The molecule has 3 nitrogen and oxygen atoms in total. The van der Waals surface area contributed by atoms with Crippen LogP contribution >= 0.6 is 0 Å². The molecule has 0 atom stereocenters. The normalized spacial score (nSPS) is 10.7. The molecule has 2 aromatic rings. The van der Waals surface area contributed by atoms with E-state index in [1.54, 1.807) is 6.20 Å². The van der Waals surface area contributed by atoms with Crippen LogP contribution in [0.4, 0.5) is 0 Å². The Kier molecular flexibility index (Phi) is 4.53. The van der Waals surface area contributed by atoms with Crippen LogP contribution in [0, 0.1) is 6.92 Å². The number of ether oxygens (including phenoxy) is 1. The van der Waals surface area contributed by atoms with Crippen molar-refractivity contribution in [3.05, 3.63) is 53.9 Å². The van der Waals surface area contributed by atoms with Crippen molar-refractivity contribution >= 4 is 0 Å². The van der Waals surface area contributed by atoms with Gasteiger partial charge in [0.15, 0.2) is 0 Å². The minimum absolute atomic E-state index is 0.437. The lowest BCUT2D eigenvalue weighted by Crippen LogP contribution is -2.22. The molecular weight excluding hydrogens is 236 g/mol. The number of aromatic nitrogens is 1. The Morgan fingerprint density at radius 1 is 1.16 bits per heavy atom. The largest absolute Gasteiger partial charge is 0.457 e. The van der Waals surface area contributed by atoms with Crippen molar-refractivity contribution in [2.24, 2.45) is 0 Å². The highest BCUT2D eigenvalue weighted by Gasteiger charge is 2.07. The second-order valence-electron chi connectivity index (χ2n) is 4.89. The number of aryl methyl sites for hydroxylation is 1. The maximum Gasteiger partial charge on any atom is 0.135 e. The van der Waals surface area contributed by atoms with Gasteiger partial charge in [0.1, 0.15) is 11.5 Å². The maximum absolute atomic E-state index is 5.99. The van der Waals surface area contributed by atoms with Crippen molar-refractivity contribution < 1.29 is 4.74 Å². The third kappa shape index (κ3) is 3.80. The van der Waals surface area contributed by atoms with Crippen molar-refractivity contribution in [1.29, 1.82) is 0 Å². The molecule has 0 bridgehead atoms. The SMILES string of the molecule is Cc1ccccc1Oc1ccncc1CNC(C)C. The lowest BCUT2D eigenvalue weighted by atomic mass is 10.2. The average molecular weight is 256 g/mol. The molecule has 0 fully saturated rings. The number of para-hydroxylation sites is 1. The molecule has 0 aliphatic rings. The van der Waals surface area contributed by atoms with Crippen molar-refractivity contribution in [1.82, 2.24) is 10.3 Å². The molecule has 1 N–H and O–H groups in total. The van der Waals surface area contributed by atoms with Crippen LogP contribution in [0.15, 0.2) is 42.7 Å². The molecule has 0 spiro atoms. The third-order valence-electron chi connectivity index (χ3n) is 2.87. The van der Waals surface area contributed by atoms with Crippen LogP contribution in [0.2, 0.25) is 0 Å². The van der Waals surface area contributed by atoms with E-state index in [1.165, 1.54) is 0 Å². The van der Waals surface area contributed by atoms with Crippen LogP contribution in [0.3, 0.4) is 0 Å². The lowest BCUT2D eigenvalue weighted by Gasteiger charge is -2.14. The van der Waals surface area contributed by atoms with Gasteiger partial charge in [-0.25, -0.2) is 0 Å². The molecule has 1 aromatic heterocycles. The first kappa shape index (κ1) is 13.6. The number of nitrogens with one attached hydrogen (secondary N) is 1. The predicted octanol–water partition coefficient (Wildman–Crippen LogP) is 3.68. The van der Waals surface area contributed by atoms with E-state index in [9.17, 15) is 0 Å². The van der Waals surface area contributed by atoms with E-state index in [4.69, 9.17) is 4.74 Å². The monoisotopic (exact) mass is 256 g/mol. The van der Waals surface area contributed by atoms with Gasteiger partial charge in [-0.3, -0.25) is 4.98 Å². The summed E-state index contributed by atoms with van der Waals surface area (Å²) in [4.78, 5) is 4.17. The third-order valence-corrected chi connectivity index (χ3v) is 2.87. The molecule has 100 valence electrons. The summed E-state index contributed by atoms with van der Waals surface area (Å²) in [6.45, 7) is 7.05. The van der Waals surface area contributed by atoms with Gasteiger partial charge in [0.2, 0.25) is 0 Å². The van der Waals surface area contributed by atoms with Gasteiger partial charge < -0.3 is 10.1 Å². The number of rotatable bonds is 5. The number of hydrogen-bond acceptors (Lipinski definition) is 3. The van der Waals surface area contributed by atoms with Crippen molar-refractivity contribution in [2.45, 2.75) is 33.4 Å². The fourth-order valence-corrected chi connectivity index (χ4v) is 1.75. The number of pyridine rings is 1. The van der Waals surface area contributed by atoms with Gasteiger partial charge in [0, 0.05) is 30.5 Å². The van der Waals surface area contributed by atoms with E-state index < -0.39 is 0 Å². The summed E-state index contributed by atoms with van der Waals surface area (Å²) in [5.41, 5.74) is 2.20. The van der Waals surface area contributed by atoms with Crippen molar-refractivity contribution in [3.63, 3.8) is 0 Å². The Labute approximate surface area is 114 Å². The molecule has 19 heavy (non-hydrogen) atoms. The molecule has 0 unspecified atom stereocenters. The summed E-state index contributed by atoms with van der Waals surface area (Å²) >= 11 is 0. The highest BCUT2D eigenvalue weighted by Crippen LogP contribution is 2.27. The van der Waals surface area contributed by atoms with Gasteiger partial charge in [-0.05, 0) is 24.6 Å². The topological polar surface area (TPSA) is 34.1 Å². The minimum atomic E-state index is 0.437. The van der Waals surface area contributed by atoms with Crippen LogP contribution in [0.25, 0.3) is 0 Å². The first-order valence-corrected chi connectivity index (χ1v) is 6.56. The van der Waals surface area contributed by atoms with Gasteiger partial charge in [-0.1, -0.05) is 32.0 Å². The van der Waals surface area contributed by atoms with Gasteiger partial charge in [0.05, 0.1) is 0 Å². The number of hydrogen-bond donors (Lipinski definition) is 1. The summed E-state index contributed by atoms with van der Waals surface area (Å²) in [7, 11) is 0. The predicted molar refractivity (Wildman–Crippen MR) is 77.5 cm³/mol. The summed E-state index contributed by atoms with van der Waals surface area (Å²) in [6.07, 6.45) is 3.61. The molecule has 2 rings (SSSR count). The minimum Gasteiger partial charge on any atom is -0.457 e. The molecular formula is C16H20N2O. The summed E-state index contributed by atoms with van der Waals surface area (Å²) in [5.74, 6) is 1.75. The zero-order valence-electron chi connectivity index (χ0n) is 11.7. The molecule has 0 saturated carbocycles. The van der Waals surface area contributed by atoms with E-state index >= 15 is 0 Å². The maximum atomic E-state index is 5.99. The Hall–Kier alpha value is -1.87. The van der Waals surface area contributed by atoms with Gasteiger partial charge in [0.25, 0.3) is 0 Å². The van der Waals surface area contributed by atoms with Crippen LogP contribution in [0.1, 0.15) is 25.0 Å². The van der Waals surface area contributed by atoms with E-state index in [0.29, 0.717) is 6.04 Å². The Morgan fingerprint density at radius 2 is 1.95 bits per heavy atom.